The molecule has 0 bridgehead atoms. The van der Waals surface area contributed by atoms with E-state index in [-0.39, 0.29) is 11.0 Å². The summed E-state index contributed by atoms with van der Waals surface area (Å²) in [6, 6.07) is 5.38. The smallest absolute Gasteiger partial charge is 0.266 e. The second-order valence-corrected chi connectivity index (χ2v) is 9.49. The van der Waals surface area contributed by atoms with E-state index < -0.39 is 23.8 Å². The Morgan fingerprint density at radius 2 is 1.94 bits per heavy atom. The number of alkyl halides is 2. The first-order valence-corrected chi connectivity index (χ1v) is 11.4. The third-order valence-corrected chi connectivity index (χ3v) is 6.96. The zero-order chi connectivity index (χ0) is 23.6. The zero-order valence-corrected chi connectivity index (χ0v) is 19.0. The molecule has 0 amide bonds. The van der Waals surface area contributed by atoms with E-state index in [4.69, 9.17) is 9.73 Å². The molecule has 1 atom stereocenters. The van der Waals surface area contributed by atoms with E-state index in [0.29, 0.717) is 11.3 Å². The van der Waals surface area contributed by atoms with Crippen molar-refractivity contribution < 1.29 is 17.9 Å². The molecule has 2 saturated heterocycles. The normalized spacial score (nSPS) is 19.8. The SMILES string of the molecule is Cc1nc2n3c(c(N4CC5(COC5)C4)cc-2c(=NC(C)c2cccc(C(F)F)c2F)n1)NCC3. The average Bonchev–Trinajstić information content (AvgIpc) is 3.22. The number of aryl methyl sites for hydroxylation is 1. The van der Waals surface area contributed by atoms with Crippen LogP contribution < -0.4 is 15.7 Å². The lowest BCUT2D eigenvalue weighted by atomic mass is 9.77. The summed E-state index contributed by atoms with van der Waals surface area (Å²) in [6.45, 7) is 8.48. The van der Waals surface area contributed by atoms with Gasteiger partial charge in [0.2, 0.25) is 0 Å². The van der Waals surface area contributed by atoms with E-state index in [1.165, 1.54) is 12.1 Å². The van der Waals surface area contributed by atoms with E-state index >= 15 is 0 Å². The number of benzene rings is 1. The van der Waals surface area contributed by atoms with Crippen LogP contribution in [0.3, 0.4) is 0 Å². The fourth-order valence-electron chi connectivity index (χ4n) is 5.19. The van der Waals surface area contributed by atoms with Crippen LogP contribution in [0.25, 0.3) is 11.4 Å². The van der Waals surface area contributed by atoms with Crippen LogP contribution in [0, 0.1) is 18.2 Å². The van der Waals surface area contributed by atoms with Gasteiger partial charge >= 0.3 is 0 Å². The van der Waals surface area contributed by atoms with Crippen molar-refractivity contribution in [3.05, 3.63) is 52.5 Å². The molecule has 1 unspecified atom stereocenters. The summed E-state index contributed by atoms with van der Waals surface area (Å²) >= 11 is 0. The molecule has 1 spiro atoms. The Hall–Kier alpha value is -3.14. The summed E-state index contributed by atoms with van der Waals surface area (Å²) in [5, 5.41) is 3.48. The molecule has 34 heavy (non-hydrogen) atoms. The van der Waals surface area contributed by atoms with Gasteiger partial charge in [-0.2, -0.15) is 0 Å². The van der Waals surface area contributed by atoms with Gasteiger partial charge in [0.1, 0.15) is 23.3 Å². The van der Waals surface area contributed by atoms with E-state index in [2.05, 4.69) is 24.8 Å². The number of rotatable bonds is 4. The van der Waals surface area contributed by atoms with Crippen LogP contribution in [0.15, 0.2) is 29.3 Å². The largest absolute Gasteiger partial charge is 0.380 e. The van der Waals surface area contributed by atoms with Crippen molar-refractivity contribution in [1.29, 1.82) is 0 Å². The predicted octanol–water partition coefficient (Wildman–Crippen LogP) is 3.69. The van der Waals surface area contributed by atoms with Crippen molar-refractivity contribution >= 4 is 11.5 Å². The number of nitrogens with zero attached hydrogens (tertiary/aromatic N) is 5. The van der Waals surface area contributed by atoms with E-state index in [0.717, 1.165) is 68.4 Å². The van der Waals surface area contributed by atoms with Gasteiger partial charge in [-0.3, -0.25) is 4.99 Å². The Balaban J connectivity index is 1.47. The van der Waals surface area contributed by atoms with Crippen LogP contribution in [0.4, 0.5) is 24.7 Å². The summed E-state index contributed by atoms with van der Waals surface area (Å²) in [6.07, 6.45) is -2.88. The number of nitrogens with one attached hydrogen (secondary N) is 1. The minimum absolute atomic E-state index is 0.118. The molecule has 1 aromatic rings. The highest BCUT2D eigenvalue weighted by molar-refractivity contribution is 5.78. The number of halogens is 3. The van der Waals surface area contributed by atoms with Crippen molar-refractivity contribution in [2.24, 2.45) is 10.4 Å². The standard InChI is InChI=1S/C24H25F3N6O/c1-13(15-4-3-5-16(19(15)25)20(26)27)29-21-17-8-18(32-9-24(10-32)11-34-12-24)23-28-6-7-33(23)22(17)31-14(2)30-21/h3-5,8,13,20,28H,6-7,9-12H2,1-2H3. The van der Waals surface area contributed by atoms with Crippen LogP contribution in [-0.2, 0) is 11.3 Å². The summed E-state index contributed by atoms with van der Waals surface area (Å²) in [4.78, 5) is 16.3. The molecule has 0 aromatic heterocycles. The zero-order valence-electron chi connectivity index (χ0n) is 19.0. The Kier molecular flexibility index (Phi) is 4.84. The van der Waals surface area contributed by atoms with Gasteiger partial charge in [-0.1, -0.05) is 18.2 Å². The topological polar surface area (TPSA) is 67.6 Å². The van der Waals surface area contributed by atoms with Crippen molar-refractivity contribution in [2.75, 3.05) is 43.1 Å². The quantitative estimate of drug-likeness (QED) is 0.630. The number of hydrogen-bond acceptors (Lipinski definition) is 6. The van der Waals surface area contributed by atoms with Crippen molar-refractivity contribution in [2.45, 2.75) is 32.9 Å². The van der Waals surface area contributed by atoms with Gasteiger partial charge in [0.15, 0.2) is 5.49 Å². The van der Waals surface area contributed by atoms with Crippen LogP contribution in [0.1, 0.15) is 36.3 Å². The first kappa shape index (κ1) is 21.4. The number of ether oxygens (including phenoxy) is 1. The van der Waals surface area contributed by atoms with Gasteiger partial charge in [-0.15, -0.1) is 0 Å². The Bertz CT molecular complexity index is 1310. The third kappa shape index (κ3) is 3.26. The van der Waals surface area contributed by atoms with E-state index in [9.17, 15) is 13.2 Å². The molecule has 5 aliphatic rings. The second kappa shape index (κ2) is 7.69. The maximum Gasteiger partial charge on any atom is 0.266 e. The minimum atomic E-state index is -2.88. The highest BCUT2D eigenvalue weighted by Crippen LogP contribution is 2.44. The Morgan fingerprint density at radius 3 is 2.65 bits per heavy atom. The molecule has 178 valence electrons. The first-order valence-electron chi connectivity index (χ1n) is 11.4. The highest BCUT2D eigenvalue weighted by Gasteiger charge is 2.50. The second-order valence-electron chi connectivity index (χ2n) is 9.49. The molecule has 1 aromatic carbocycles. The summed E-state index contributed by atoms with van der Waals surface area (Å²) < 4.78 is 48.8. The molecule has 10 heteroatoms. The number of hydrogen-bond donors (Lipinski definition) is 1. The fraction of sp³-hybridized carbons (Fsp3) is 0.458. The molecule has 6 rings (SSSR count). The summed E-state index contributed by atoms with van der Waals surface area (Å²) in [7, 11) is 0. The van der Waals surface area contributed by atoms with Crippen molar-refractivity contribution in [1.82, 2.24) is 14.5 Å². The van der Waals surface area contributed by atoms with Gasteiger partial charge in [-0.05, 0) is 19.9 Å². The van der Waals surface area contributed by atoms with Gasteiger partial charge in [0.25, 0.3) is 6.43 Å². The summed E-state index contributed by atoms with van der Waals surface area (Å²) in [5.74, 6) is 1.41. The number of pyridine rings is 1. The van der Waals surface area contributed by atoms with E-state index in [1.807, 2.05) is 6.07 Å². The van der Waals surface area contributed by atoms with Crippen LogP contribution in [0.2, 0.25) is 0 Å². The molecule has 2 fully saturated rings. The van der Waals surface area contributed by atoms with Crippen LogP contribution >= 0.6 is 0 Å². The van der Waals surface area contributed by atoms with E-state index in [1.54, 1.807) is 13.8 Å². The molecule has 0 aliphatic carbocycles. The maximum absolute atomic E-state index is 14.8. The molecule has 0 saturated carbocycles. The van der Waals surface area contributed by atoms with Crippen LogP contribution in [-0.4, -0.2) is 47.4 Å². The molecule has 5 aliphatic heterocycles. The lowest BCUT2D eigenvalue weighted by Crippen LogP contribution is -2.66. The monoisotopic (exact) mass is 470 g/mol. The highest BCUT2D eigenvalue weighted by atomic mass is 19.3. The Labute approximate surface area is 194 Å². The molecule has 7 nitrogen and oxygen atoms in total. The molecular formula is C24H25F3N6O. The van der Waals surface area contributed by atoms with Crippen molar-refractivity contribution in [3.63, 3.8) is 0 Å². The number of fused-ring (bicyclic) bond motifs is 3. The average molecular weight is 470 g/mol. The van der Waals surface area contributed by atoms with Crippen molar-refractivity contribution in [3.8, 4) is 11.4 Å². The third-order valence-electron chi connectivity index (χ3n) is 6.96. The molecular weight excluding hydrogens is 445 g/mol. The maximum atomic E-state index is 14.8. The molecule has 1 N–H and O–H groups in total. The lowest BCUT2D eigenvalue weighted by molar-refractivity contribution is -0.127. The molecule has 0 radical (unpaired) electrons. The van der Waals surface area contributed by atoms with Gasteiger partial charge in [0.05, 0.1) is 41.5 Å². The van der Waals surface area contributed by atoms with Gasteiger partial charge < -0.3 is 19.5 Å². The van der Waals surface area contributed by atoms with Gasteiger partial charge in [-0.25, -0.2) is 23.1 Å². The number of anilines is 2. The lowest BCUT2D eigenvalue weighted by Gasteiger charge is -2.56. The summed E-state index contributed by atoms with van der Waals surface area (Å²) in [5.41, 5.74) is 2.01. The fourth-order valence-corrected chi connectivity index (χ4v) is 5.19. The molecule has 5 heterocycles. The minimum Gasteiger partial charge on any atom is -0.380 e. The van der Waals surface area contributed by atoms with Crippen LogP contribution in [0.5, 0.6) is 0 Å². The first-order chi connectivity index (χ1) is 16.3. The Morgan fingerprint density at radius 1 is 1.18 bits per heavy atom. The predicted molar refractivity (Wildman–Crippen MR) is 121 cm³/mol. The van der Waals surface area contributed by atoms with Gasteiger partial charge in [0, 0.05) is 31.7 Å². The number of aromatic nitrogens is 3.